The molecule has 0 aliphatic rings. The lowest BCUT2D eigenvalue weighted by Crippen LogP contribution is -2.25. The van der Waals surface area contributed by atoms with E-state index in [4.69, 9.17) is 16.0 Å². The van der Waals surface area contributed by atoms with Crippen molar-refractivity contribution in [3.8, 4) is 0 Å². The van der Waals surface area contributed by atoms with Gasteiger partial charge in [0.15, 0.2) is 5.65 Å². The molecule has 0 atom stereocenters. The lowest BCUT2D eigenvalue weighted by atomic mass is 10.2. The van der Waals surface area contributed by atoms with Gasteiger partial charge in [-0.15, -0.1) is 0 Å². The standard InChI is InChI=1S/C19H14ClN3O3/c1-11-4-6-13(26-11)10-21-18(24)14-3-2-8-23-17(14)22-16-7-5-12(20)9-15(16)19(23)25/h2-9H,10H2,1H3,(H,21,24). The normalized spacial score (nSPS) is 11.2. The molecule has 0 fully saturated rings. The number of pyridine rings is 1. The van der Waals surface area contributed by atoms with Gasteiger partial charge in [-0.25, -0.2) is 4.98 Å². The Morgan fingerprint density at radius 3 is 2.88 bits per heavy atom. The van der Waals surface area contributed by atoms with Crippen molar-refractivity contribution in [3.05, 3.63) is 81.1 Å². The molecule has 4 rings (SSSR count). The summed E-state index contributed by atoms with van der Waals surface area (Å²) in [5, 5.41) is 3.65. The molecule has 1 amide bonds. The van der Waals surface area contributed by atoms with Gasteiger partial charge in [0, 0.05) is 11.2 Å². The maximum absolute atomic E-state index is 12.7. The first kappa shape index (κ1) is 16.4. The number of furan rings is 1. The summed E-state index contributed by atoms with van der Waals surface area (Å²) in [5.74, 6) is 1.09. The monoisotopic (exact) mass is 367 g/mol. The highest BCUT2D eigenvalue weighted by Crippen LogP contribution is 2.17. The quantitative estimate of drug-likeness (QED) is 0.563. The molecule has 7 heteroatoms. The number of nitrogens with zero attached hydrogens (tertiary/aromatic N) is 2. The molecule has 0 bridgehead atoms. The van der Waals surface area contributed by atoms with E-state index >= 15 is 0 Å². The molecule has 0 aliphatic heterocycles. The lowest BCUT2D eigenvalue weighted by molar-refractivity contribution is 0.0949. The Morgan fingerprint density at radius 1 is 1.27 bits per heavy atom. The third-order valence-electron chi connectivity index (χ3n) is 4.07. The van der Waals surface area contributed by atoms with E-state index in [1.54, 1.807) is 42.6 Å². The summed E-state index contributed by atoms with van der Waals surface area (Å²) < 4.78 is 6.80. The number of aromatic nitrogens is 2. The summed E-state index contributed by atoms with van der Waals surface area (Å²) in [4.78, 5) is 29.8. The van der Waals surface area contributed by atoms with Crippen molar-refractivity contribution >= 4 is 34.1 Å². The van der Waals surface area contributed by atoms with Crippen molar-refractivity contribution < 1.29 is 9.21 Å². The highest BCUT2D eigenvalue weighted by Gasteiger charge is 2.15. The summed E-state index contributed by atoms with van der Waals surface area (Å²) in [6.07, 6.45) is 1.58. The van der Waals surface area contributed by atoms with E-state index in [1.807, 2.05) is 13.0 Å². The molecule has 0 unspecified atom stereocenters. The van der Waals surface area contributed by atoms with Crippen LogP contribution in [-0.2, 0) is 6.54 Å². The highest BCUT2D eigenvalue weighted by molar-refractivity contribution is 6.31. The maximum Gasteiger partial charge on any atom is 0.265 e. The fourth-order valence-electron chi connectivity index (χ4n) is 2.82. The third-order valence-corrected chi connectivity index (χ3v) is 4.30. The van der Waals surface area contributed by atoms with Crippen LogP contribution in [0, 0.1) is 6.92 Å². The van der Waals surface area contributed by atoms with Crippen molar-refractivity contribution in [1.29, 1.82) is 0 Å². The molecule has 3 aromatic heterocycles. The number of fused-ring (bicyclic) bond motifs is 2. The topological polar surface area (TPSA) is 76.6 Å². The van der Waals surface area contributed by atoms with E-state index in [-0.39, 0.29) is 18.0 Å². The van der Waals surface area contributed by atoms with Crippen molar-refractivity contribution in [2.45, 2.75) is 13.5 Å². The van der Waals surface area contributed by atoms with E-state index in [0.29, 0.717) is 32.9 Å². The first-order chi connectivity index (χ1) is 12.5. The predicted octanol–water partition coefficient (Wildman–Crippen LogP) is 3.33. The minimum Gasteiger partial charge on any atom is -0.465 e. The summed E-state index contributed by atoms with van der Waals surface area (Å²) in [6.45, 7) is 2.09. The van der Waals surface area contributed by atoms with Crippen LogP contribution in [0.4, 0.5) is 0 Å². The summed E-state index contributed by atoms with van der Waals surface area (Å²) >= 11 is 5.98. The highest BCUT2D eigenvalue weighted by atomic mass is 35.5. The van der Waals surface area contributed by atoms with Crippen LogP contribution in [0.5, 0.6) is 0 Å². The molecule has 0 radical (unpaired) electrons. The number of amides is 1. The fourth-order valence-corrected chi connectivity index (χ4v) is 2.99. The molecule has 3 heterocycles. The molecule has 1 aromatic carbocycles. The van der Waals surface area contributed by atoms with E-state index < -0.39 is 0 Å². The van der Waals surface area contributed by atoms with Gasteiger partial charge in [0.1, 0.15) is 11.5 Å². The van der Waals surface area contributed by atoms with Gasteiger partial charge in [0.05, 0.1) is 23.0 Å². The predicted molar refractivity (Wildman–Crippen MR) is 98.6 cm³/mol. The van der Waals surface area contributed by atoms with Crippen molar-refractivity contribution in [2.24, 2.45) is 0 Å². The Kier molecular flexibility index (Phi) is 3.97. The Balaban J connectivity index is 1.77. The van der Waals surface area contributed by atoms with Gasteiger partial charge < -0.3 is 9.73 Å². The smallest absolute Gasteiger partial charge is 0.265 e. The molecule has 4 aromatic rings. The number of rotatable bonds is 3. The second-order valence-electron chi connectivity index (χ2n) is 5.89. The summed E-state index contributed by atoms with van der Waals surface area (Å²) in [6, 6.07) is 11.8. The van der Waals surface area contributed by atoms with Crippen molar-refractivity contribution in [3.63, 3.8) is 0 Å². The zero-order valence-corrected chi connectivity index (χ0v) is 14.6. The van der Waals surface area contributed by atoms with Crippen LogP contribution in [0.1, 0.15) is 21.9 Å². The lowest BCUT2D eigenvalue weighted by Gasteiger charge is -2.09. The minimum atomic E-state index is -0.336. The van der Waals surface area contributed by atoms with Gasteiger partial charge in [-0.2, -0.15) is 0 Å². The zero-order valence-electron chi connectivity index (χ0n) is 13.8. The molecule has 0 saturated heterocycles. The Morgan fingerprint density at radius 2 is 2.12 bits per heavy atom. The molecule has 0 saturated carbocycles. The summed E-state index contributed by atoms with van der Waals surface area (Å²) in [5.41, 5.74) is 0.815. The zero-order chi connectivity index (χ0) is 18.3. The van der Waals surface area contributed by atoms with Crippen LogP contribution in [0.25, 0.3) is 16.6 Å². The van der Waals surface area contributed by atoms with Crippen LogP contribution in [0.3, 0.4) is 0 Å². The van der Waals surface area contributed by atoms with Crippen LogP contribution >= 0.6 is 11.6 Å². The number of hydrogen-bond donors (Lipinski definition) is 1. The van der Waals surface area contributed by atoms with Crippen molar-refractivity contribution in [2.75, 3.05) is 0 Å². The molecular weight excluding hydrogens is 354 g/mol. The van der Waals surface area contributed by atoms with Crippen LogP contribution in [-0.4, -0.2) is 15.3 Å². The Labute approximate surface area is 153 Å². The van der Waals surface area contributed by atoms with E-state index in [2.05, 4.69) is 10.3 Å². The molecule has 0 aliphatic carbocycles. The third kappa shape index (κ3) is 2.84. The number of carbonyl (C=O) groups excluding carboxylic acids is 1. The average Bonchev–Trinajstić information content (AvgIpc) is 3.05. The van der Waals surface area contributed by atoms with Gasteiger partial charge in [-0.05, 0) is 49.4 Å². The summed E-state index contributed by atoms with van der Waals surface area (Å²) in [7, 11) is 0. The first-order valence-corrected chi connectivity index (χ1v) is 8.35. The van der Waals surface area contributed by atoms with Gasteiger partial charge >= 0.3 is 0 Å². The molecule has 26 heavy (non-hydrogen) atoms. The number of aryl methyl sites for hydroxylation is 1. The number of benzene rings is 1. The molecular formula is C19H14ClN3O3. The van der Waals surface area contributed by atoms with Gasteiger partial charge in [-0.1, -0.05) is 11.6 Å². The number of hydrogen-bond acceptors (Lipinski definition) is 4. The van der Waals surface area contributed by atoms with E-state index in [0.717, 1.165) is 5.76 Å². The average molecular weight is 368 g/mol. The van der Waals surface area contributed by atoms with E-state index in [1.165, 1.54) is 4.40 Å². The van der Waals surface area contributed by atoms with Crippen molar-refractivity contribution in [1.82, 2.24) is 14.7 Å². The number of carbonyl (C=O) groups is 1. The Bertz CT molecular complexity index is 1210. The number of nitrogens with one attached hydrogen (secondary N) is 1. The minimum absolute atomic E-state index is 0.251. The van der Waals surface area contributed by atoms with Crippen LogP contribution in [0.2, 0.25) is 5.02 Å². The van der Waals surface area contributed by atoms with Gasteiger partial charge in [0.25, 0.3) is 11.5 Å². The second-order valence-corrected chi connectivity index (χ2v) is 6.33. The first-order valence-electron chi connectivity index (χ1n) is 7.97. The number of halogens is 1. The molecule has 6 nitrogen and oxygen atoms in total. The maximum atomic E-state index is 12.7. The molecule has 130 valence electrons. The van der Waals surface area contributed by atoms with Crippen LogP contribution < -0.4 is 10.9 Å². The van der Waals surface area contributed by atoms with Crippen LogP contribution in [0.15, 0.2) is 57.9 Å². The largest absolute Gasteiger partial charge is 0.465 e. The SMILES string of the molecule is Cc1ccc(CNC(=O)c2cccn3c(=O)c4cc(Cl)ccc4nc23)o1. The fraction of sp³-hybridized carbons (Fsp3) is 0.105. The second kappa shape index (κ2) is 6.31. The molecule has 1 N–H and O–H groups in total. The Hall–Kier alpha value is -3.12. The molecule has 0 spiro atoms. The van der Waals surface area contributed by atoms with Gasteiger partial charge in [-0.3, -0.25) is 14.0 Å². The van der Waals surface area contributed by atoms with E-state index in [9.17, 15) is 9.59 Å². The van der Waals surface area contributed by atoms with Gasteiger partial charge in [0.2, 0.25) is 0 Å².